The molecule has 2 unspecified atom stereocenters. The summed E-state index contributed by atoms with van der Waals surface area (Å²) in [6.07, 6.45) is 6.59. The summed E-state index contributed by atoms with van der Waals surface area (Å²) in [6, 6.07) is 0.605. The van der Waals surface area contributed by atoms with Gasteiger partial charge >= 0.3 is 0 Å². The molecule has 1 heterocycles. The van der Waals surface area contributed by atoms with Gasteiger partial charge in [-0.05, 0) is 37.6 Å². The van der Waals surface area contributed by atoms with Gasteiger partial charge in [0.2, 0.25) is 0 Å². The van der Waals surface area contributed by atoms with Gasteiger partial charge in [-0.25, -0.2) is 4.98 Å². The molecule has 0 spiro atoms. The Morgan fingerprint density at radius 1 is 1.56 bits per heavy atom. The van der Waals surface area contributed by atoms with Crippen LogP contribution >= 0.6 is 11.8 Å². The number of hydrogen-bond acceptors (Lipinski definition) is 4. The van der Waals surface area contributed by atoms with E-state index in [1.807, 2.05) is 11.8 Å². The Balaban J connectivity index is 1.99. The van der Waals surface area contributed by atoms with Crippen LogP contribution < -0.4 is 5.32 Å². The molecule has 2 N–H and O–H groups in total. The van der Waals surface area contributed by atoms with Crippen LogP contribution in [0.3, 0.4) is 0 Å². The van der Waals surface area contributed by atoms with E-state index in [2.05, 4.69) is 41.3 Å². The highest BCUT2D eigenvalue weighted by atomic mass is 32.2. The normalized spacial score (nSPS) is 27.3. The zero-order valence-electron chi connectivity index (χ0n) is 11.6. The molecule has 2 rings (SSSR count). The maximum absolute atomic E-state index is 4.24. The predicted molar refractivity (Wildman–Crippen MR) is 75.7 cm³/mol. The number of thioether (sulfide) groups is 1. The maximum Gasteiger partial charge on any atom is 0.183 e. The fourth-order valence-corrected chi connectivity index (χ4v) is 4.03. The first-order chi connectivity index (χ1) is 8.61. The summed E-state index contributed by atoms with van der Waals surface area (Å²) in [6.45, 7) is 8.07. The summed E-state index contributed by atoms with van der Waals surface area (Å²) in [5.41, 5.74) is 0.447. The van der Waals surface area contributed by atoms with Crippen LogP contribution in [0.5, 0.6) is 0 Å². The number of nitrogens with one attached hydrogen (secondary N) is 2. The van der Waals surface area contributed by atoms with E-state index in [4.69, 9.17) is 0 Å². The van der Waals surface area contributed by atoms with Crippen LogP contribution in [0.2, 0.25) is 0 Å². The Morgan fingerprint density at radius 3 is 3.06 bits per heavy atom. The molecule has 1 fully saturated rings. The van der Waals surface area contributed by atoms with E-state index < -0.39 is 0 Å². The van der Waals surface area contributed by atoms with Crippen molar-refractivity contribution in [3.8, 4) is 0 Å². The van der Waals surface area contributed by atoms with Crippen molar-refractivity contribution in [3.05, 3.63) is 6.33 Å². The van der Waals surface area contributed by atoms with E-state index in [9.17, 15) is 0 Å². The third-order valence-corrected chi connectivity index (χ3v) is 4.87. The largest absolute Gasteiger partial charge is 0.313 e. The number of H-pyrrole nitrogens is 1. The van der Waals surface area contributed by atoms with Crippen molar-refractivity contribution in [2.45, 2.75) is 62.9 Å². The first-order valence-corrected chi connectivity index (χ1v) is 7.74. The van der Waals surface area contributed by atoms with Crippen molar-refractivity contribution in [2.24, 2.45) is 5.41 Å². The highest BCUT2D eigenvalue weighted by Crippen LogP contribution is 2.41. The Kier molecular flexibility index (Phi) is 4.67. The summed E-state index contributed by atoms with van der Waals surface area (Å²) in [7, 11) is 0. The summed E-state index contributed by atoms with van der Waals surface area (Å²) in [5.74, 6) is 0. The van der Waals surface area contributed by atoms with E-state index in [0.29, 0.717) is 16.7 Å². The lowest BCUT2D eigenvalue weighted by molar-refractivity contribution is 0.214. The van der Waals surface area contributed by atoms with Crippen molar-refractivity contribution < 1.29 is 0 Å². The van der Waals surface area contributed by atoms with Gasteiger partial charge < -0.3 is 5.32 Å². The zero-order valence-corrected chi connectivity index (χ0v) is 12.4. The van der Waals surface area contributed by atoms with E-state index in [1.54, 1.807) is 6.33 Å². The molecule has 1 aliphatic carbocycles. The Labute approximate surface area is 114 Å². The third kappa shape index (κ3) is 3.72. The van der Waals surface area contributed by atoms with Crippen molar-refractivity contribution in [2.75, 3.05) is 6.54 Å². The smallest absolute Gasteiger partial charge is 0.183 e. The van der Waals surface area contributed by atoms with Crippen LogP contribution in [0.15, 0.2) is 11.5 Å². The van der Waals surface area contributed by atoms with Crippen LogP contribution in [0, 0.1) is 5.41 Å². The number of aromatic amines is 1. The van der Waals surface area contributed by atoms with Gasteiger partial charge in [-0.15, -0.1) is 0 Å². The third-order valence-electron chi connectivity index (χ3n) is 3.65. The first kappa shape index (κ1) is 13.9. The number of hydrogen-bond donors (Lipinski definition) is 2. The van der Waals surface area contributed by atoms with Gasteiger partial charge in [0.15, 0.2) is 5.16 Å². The number of rotatable bonds is 5. The molecule has 0 aliphatic heterocycles. The molecular weight excluding hydrogens is 244 g/mol. The van der Waals surface area contributed by atoms with Gasteiger partial charge in [0.25, 0.3) is 0 Å². The molecule has 1 aromatic heterocycles. The van der Waals surface area contributed by atoms with Crippen LogP contribution in [-0.4, -0.2) is 33.0 Å². The molecule has 0 amide bonds. The van der Waals surface area contributed by atoms with Crippen LogP contribution in [0.4, 0.5) is 0 Å². The molecule has 1 saturated carbocycles. The summed E-state index contributed by atoms with van der Waals surface area (Å²) in [5, 5.41) is 12.1. The van der Waals surface area contributed by atoms with E-state index in [1.165, 1.54) is 25.7 Å². The van der Waals surface area contributed by atoms with Crippen LogP contribution in [0.1, 0.15) is 46.5 Å². The average molecular weight is 268 g/mol. The second kappa shape index (κ2) is 6.06. The van der Waals surface area contributed by atoms with Gasteiger partial charge in [-0.3, -0.25) is 5.10 Å². The second-order valence-corrected chi connectivity index (χ2v) is 7.14. The fourth-order valence-electron chi connectivity index (χ4n) is 2.60. The monoisotopic (exact) mass is 268 g/mol. The highest BCUT2D eigenvalue weighted by Gasteiger charge is 2.35. The molecule has 102 valence electrons. The molecule has 0 aromatic carbocycles. The van der Waals surface area contributed by atoms with Crippen LogP contribution in [0.25, 0.3) is 0 Å². The van der Waals surface area contributed by atoms with Crippen molar-refractivity contribution >= 4 is 11.8 Å². The molecule has 1 aliphatic rings. The summed E-state index contributed by atoms with van der Waals surface area (Å²) < 4.78 is 0. The quantitative estimate of drug-likeness (QED) is 0.862. The Morgan fingerprint density at radius 2 is 2.39 bits per heavy atom. The zero-order chi connectivity index (χ0) is 13.0. The molecular formula is C13H24N4S. The minimum atomic E-state index is 0.447. The first-order valence-electron chi connectivity index (χ1n) is 6.86. The molecule has 18 heavy (non-hydrogen) atoms. The summed E-state index contributed by atoms with van der Waals surface area (Å²) in [4.78, 5) is 4.24. The lowest BCUT2D eigenvalue weighted by Crippen LogP contribution is -2.45. The lowest BCUT2D eigenvalue weighted by Gasteiger charge is -2.40. The molecule has 0 saturated heterocycles. The topological polar surface area (TPSA) is 53.6 Å². The molecule has 0 bridgehead atoms. The maximum atomic E-state index is 4.24. The molecule has 5 heteroatoms. The SMILES string of the molecule is CCCNC1CCC(C)(C)CC1Sc1ncn[nH]1. The lowest BCUT2D eigenvalue weighted by atomic mass is 9.75. The molecule has 2 atom stereocenters. The van der Waals surface area contributed by atoms with Crippen molar-refractivity contribution in [1.29, 1.82) is 0 Å². The van der Waals surface area contributed by atoms with Gasteiger partial charge in [-0.2, -0.15) is 5.10 Å². The van der Waals surface area contributed by atoms with Gasteiger partial charge in [-0.1, -0.05) is 32.5 Å². The summed E-state index contributed by atoms with van der Waals surface area (Å²) >= 11 is 1.84. The molecule has 1 aromatic rings. The molecule has 4 nitrogen and oxygen atoms in total. The second-order valence-electron chi connectivity index (χ2n) is 5.91. The minimum Gasteiger partial charge on any atom is -0.313 e. The Bertz CT molecular complexity index is 350. The van der Waals surface area contributed by atoms with Gasteiger partial charge in [0, 0.05) is 11.3 Å². The van der Waals surface area contributed by atoms with E-state index >= 15 is 0 Å². The molecule has 0 radical (unpaired) electrons. The van der Waals surface area contributed by atoms with Crippen molar-refractivity contribution in [3.63, 3.8) is 0 Å². The minimum absolute atomic E-state index is 0.447. The Hall–Kier alpha value is -0.550. The standard InChI is InChI=1S/C13H24N4S/c1-4-7-14-10-5-6-13(2,3)8-11(10)18-12-15-9-16-17-12/h9-11,14H,4-8H2,1-3H3,(H,15,16,17). The van der Waals surface area contributed by atoms with Crippen LogP contribution in [-0.2, 0) is 0 Å². The number of aromatic nitrogens is 3. The van der Waals surface area contributed by atoms with E-state index in [0.717, 1.165) is 11.7 Å². The van der Waals surface area contributed by atoms with Crippen molar-refractivity contribution in [1.82, 2.24) is 20.5 Å². The fraction of sp³-hybridized carbons (Fsp3) is 0.846. The van der Waals surface area contributed by atoms with Gasteiger partial charge in [0.1, 0.15) is 6.33 Å². The van der Waals surface area contributed by atoms with Gasteiger partial charge in [0.05, 0.1) is 0 Å². The highest BCUT2D eigenvalue weighted by molar-refractivity contribution is 7.99. The number of nitrogens with zero attached hydrogens (tertiary/aromatic N) is 2. The van der Waals surface area contributed by atoms with E-state index in [-0.39, 0.29) is 0 Å². The predicted octanol–water partition coefficient (Wildman–Crippen LogP) is 2.84. The average Bonchev–Trinajstić information content (AvgIpc) is 2.80.